The van der Waals surface area contributed by atoms with Gasteiger partial charge in [0.05, 0.1) is 12.7 Å². The SMILES string of the molecule is COc1ccc(Cc2ccc(C)nc2)c(F)c1-c1cccc(Cl)c1. The first-order valence-electron chi connectivity index (χ1n) is 7.61. The average Bonchev–Trinajstić information content (AvgIpc) is 2.58. The van der Waals surface area contributed by atoms with Crippen LogP contribution in [0.4, 0.5) is 4.39 Å². The van der Waals surface area contributed by atoms with Crippen LogP contribution >= 0.6 is 11.6 Å². The molecule has 0 spiro atoms. The molecule has 1 heterocycles. The Morgan fingerprint density at radius 1 is 1.12 bits per heavy atom. The number of hydrogen-bond acceptors (Lipinski definition) is 2. The normalized spacial score (nSPS) is 10.7. The van der Waals surface area contributed by atoms with Gasteiger partial charge in [0.25, 0.3) is 0 Å². The Morgan fingerprint density at radius 2 is 1.96 bits per heavy atom. The van der Waals surface area contributed by atoms with Crippen molar-refractivity contribution in [1.82, 2.24) is 4.98 Å². The Kier molecular flexibility index (Phi) is 4.81. The summed E-state index contributed by atoms with van der Waals surface area (Å²) < 4.78 is 20.5. The molecule has 0 aliphatic heterocycles. The van der Waals surface area contributed by atoms with E-state index in [1.165, 1.54) is 7.11 Å². The van der Waals surface area contributed by atoms with Crippen molar-refractivity contribution in [2.75, 3.05) is 7.11 Å². The lowest BCUT2D eigenvalue weighted by Crippen LogP contribution is -1.99. The molecule has 122 valence electrons. The Morgan fingerprint density at radius 3 is 2.62 bits per heavy atom. The number of halogens is 2. The molecule has 0 fully saturated rings. The molecule has 0 radical (unpaired) electrons. The number of rotatable bonds is 4. The minimum Gasteiger partial charge on any atom is -0.496 e. The van der Waals surface area contributed by atoms with Gasteiger partial charge >= 0.3 is 0 Å². The number of aryl methyl sites for hydroxylation is 1. The molecule has 2 aromatic carbocycles. The van der Waals surface area contributed by atoms with Gasteiger partial charge in [-0.15, -0.1) is 0 Å². The number of nitrogens with zero attached hydrogens (tertiary/aromatic N) is 1. The lowest BCUT2D eigenvalue weighted by Gasteiger charge is -2.14. The van der Waals surface area contributed by atoms with Gasteiger partial charge < -0.3 is 4.74 Å². The van der Waals surface area contributed by atoms with E-state index in [2.05, 4.69) is 4.98 Å². The van der Waals surface area contributed by atoms with E-state index in [9.17, 15) is 0 Å². The summed E-state index contributed by atoms with van der Waals surface area (Å²) in [6, 6.07) is 14.5. The van der Waals surface area contributed by atoms with Crippen molar-refractivity contribution >= 4 is 11.6 Å². The molecule has 0 aliphatic carbocycles. The fourth-order valence-electron chi connectivity index (χ4n) is 2.64. The summed E-state index contributed by atoms with van der Waals surface area (Å²) >= 11 is 6.06. The number of ether oxygens (including phenoxy) is 1. The van der Waals surface area contributed by atoms with E-state index in [4.69, 9.17) is 16.3 Å². The number of methoxy groups -OCH3 is 1. The smallest absolute Gasteiger partial charge is 0.138 e. The average molecular weight is 342 g/mol. The van der Waals surface area contributed by atoms with Gasteiger partial charge in [-0.3, -0.25) is 4.98 Å². The predicted molar refractivity (Wildman–Crippen MR) is 95.2 cm³/mol. The third-order valence-electron chi connectivity index (χ3n) is 3.88. The highest BCUT2D eigenvalue weighted by molar-refractivity contribution is 6.30. The molecular formula is C20H17ClFNO. The van der Waals surface area contributed by atoms with Crippen LogP contribution in [0.3, 0.4) is 0 Å². The number of hydrogen-bond donors (Lipinski definition) is 0. The van der Waals surface area contributed by atoms with Gasteiger partial charge in [0.15, 0.2) is 0 Å². The molecule has 0 saturated heterocycles. The van der Waals surface area contributed by atoms with Gasteiger partial charge in [-0.25, -0.2) is 4.39 Å². The van der Waals surface area contributed by atoms with Crippen LogP contribution in [0.5, 0.6) is 5.75 Å². The first-order valence-corrected chi connectivity index (χ1v) is 7.99. The lowest BCUT2D eigenvalue weighted by molar-refractivity contribution is 0.413. The summed E-state index contributed by atoms with van der Waals surface area (Å²) in [6.45, 7) is 1.93. The summed E-state index contributed by atoms with van der Waals surface area (Å²) in [6.07, 6.45) is 2.24. The van der Waals surface area contributed by atoms with E-state index >= 15 is 4.39 Å². The third-order valence-corrected chi connectivity index (χ3v) is 4.12. The zero-order valence-corrected chi connectivity index (χ0v) is 14.3. The highest BCUT2D eigenvalue weighted by Gasteiger charge is 2.16. The molecule has 2 nitrogen and oxygen atoms in total. The van der Waals surface area contributed by atoms with Gasteiger partial charge in [0.1, 0.15) is 11.6 Å². The molecule has 0 atom stereocenters. The van der Waals surface area contributed by atoms with Gasteiger partial charge in [0, 0.05) is 23.3 Å². The summed E-state index contributed by atoms with van der Waals surface area (Å²) in [5.41, 5.74) is 3.62. The van der Waals surface area contributed by atoms with E-state index in [1.54, 1.807) is 36.5 Å². The maximum absolute atomic E-state index is 15.2. The van der Waals surface area contributed by atoms with E-state index in [-0.39, 0.29) is 5.82 Å². The van der Waals surface area contributed by atoms with Crippen LogP contribution in [-0.4, -0.2) is 12.1 Å². The summed E-state index contributed by atoms with van der Waals surface area (Å²) in [7, 11) is 1.53. The van der Waals surface area contributed by atoms with E-state index < -0.39 is 0 Å². The van der Waals surface area contributed by atoms with Crippen molar-refractivity contribution in [3.05, 3.63) is 82.4 Å². The van der Waals surface area contributed by atoms with E-state index in [1.807, 2.05) is 25.1 Å². The monoisotopic (exact) mass is 341 g/mol. The molecule has 0 aliphatic rings. The molecule has 0 amide bonds. The molecule has 0 unspecified atom stereocenters. The molecule has 3 aromatic rings. The molecule has 0 bridgehead atoms. The van der Waals surface area contributed by atoms with Gasteiger partial charge in [-0.05, 0) is 47.9 Å². The fraction of sp³-hybridized carbons (Fsp3) is 0.150. The van der Waals surface area contributed by atoms with Crippen LogP contribution in [0.2, 0.25) is 5.02 Å². The third kappa shape index (κ3) is 3.41. The second-order valence-corrected chi connectivity index (χ2v) is 6.05. The standard InChI is InChI=1S/C20H17ClFNO/c1-13-6-7-14(12-23-13)10-16-8-9-18(24-2)19(20(16)22)15-4-3-5-17(21)11-15/h3-9,11-12H,10H2,1-2H3. The zero-order chi connectivity index (χ0) is 17.1. The van der Waals surface area contributed by atoms with E-state index in [0.29, 0.717) is 33.9 Å². The van der Waals surface area contributed by atoms with Gasteiger partial charge in [-0.1, -0.05) is 35.9 Å². The van der Waals surface area contributed by atoms with Crippen LogP contribution in [0.1, 0.15) is 16.8 Å². The first-order chi connectivity index (χ1) is 11.6. The van der Waals surface area contributed by atoms with Crippen molar-refractivity contribution < 1.29 is 9.13 Å². The van der Waals surface area contributed by atoms with Gasteiger partial charge in [0.2, 0.25) is 0 Å². The maximum atomic E-state index is 15.2. The quantitative estimate of drug-likeness (QED) is 0.629. The lowest BCUT2D eigenvalue weighted by atomic mass is 9.97. The fourth-order valence-corrected chi connectivity index (χ4v) is 2.83. The van der Waals surface area contributed by atoms with Crippen LogP contribution < -0.4 is 4.74 Å². The van der Waals surface area contributed by atoms with Crippen molar-refractivity contribution in [2.24, 2.45) is 0 Å². The molecule has 0 saturated carbocycles. The van der Waals surface area contributed by atoms with Crippen molar-refractivity contribution in [2.45, 2.75) is 13.3 Å². The molecule has 0 N–H and O–H groups in total. The van der Waals surface area contributed by atoms with E-state index in [0.717, 1.165) is 11.3 Å². The minimum absolute atomic E-state index is 0.294. The van der Waals surface area contributed by atoms with Crippen LogP contribution in [0.15, 0.2) is 54.7 Å². The largest absolute Gasteiger partial charge is 0.496 e. The number of pyridine rings is 1. The Hall–Kier alpha value is -2.39. The van der Waals surface area contributed by atoms with Crippen molar-refractivity contribution in [1.29, 1.82) is 0 Å². The highest BCUT2D eigenvalue weighted by Crippen LogP contribution is 2.36. The summed E-state index contributed by atoms with van der Waals surface area (Å²) in [5, 5.41) is 0.557. The molecular weight excluding hydrogens is 325 g/mol. The van der Waals surface area contributed by atoms with Crippen LogP contribution in [-0.2, 0) is 6.42 Å². The van der Waals surface area contributed by atoms with Crippen molar-refractivity contribution in [3.8, 4) is 16.9 Å². The Balaban J connectivity index is 2.06. The second-order valence-electron chi connectivity index (χ2n) is 5.61. The minimum atomic E-state index is -0.294. The van der Waals surface area contributed by atoms with Crippen LogP contribution in [0.25, 0.3) is 11.1 Å². The number of aromatic nitrogens is 1. The maximum Gasteiger partial charge on any atom is 0.138 e. The molecule has 24 heavy (non-hydrogen) atoms. The highest BCUT2D eigenvalue weighted by atomic mass is 35.5. The Labute approximate surface area is 145 Å². The molecule has 1 aromatic heterocycles. The predicted octanol–water partition coefficient (Wildman–Crippen LogP) is 5.45. The topological polar surface area (TPSA) is 22.1 Å². The van der Waals surface area contributed by atoms with Crippen LogP contribution in [0, 0.1) is 12.7 Å². The second kappa shape index (κ2) is 7.02. The molecule has 3 rings (SSSR count). The summed E-state index contributed by atoms with van der Waals surface area (Å²) in [5.74, 6) is 0.192. The van der Waals surface area contributed by atoms with Crippen molar-refractivity contribution in [3.63, 3.8) is 0 Å². The zero-order valence-electron chi connectivity index (χ0n) is 13.5. The number of benzene rings is 2. The van der Waals surface area contributed by atoms with Gasteiger partial charge in [-0.2, -0.15) is 0 Å². The Bertz CT molecular complexity index is 862. The summed E-state index contributed by atoms with van der Waals surface area (Å²) in [4.78, 5) is 4.27. The first kappa shape index (κ1) is 16.5. The molecule has 4 heteroatoms.